The average molecular weight is 392 g/mol. The molecule has 3 atom stereocenters. The highest BCUT2D eigenvalue weighted by Crippen LogP contribution is 2.27. The smallest absolute Gasteiger partial charge is 0.225 e. The fourth-order valence-electron chi connectivity index (χ4n) is 4.10. The second kappa shape index (κ2) is 9.74. The van der Waals surface area contributed by atoms with Gasteiger partial charge in [-0.1, -0.05) is 6.42 Å². The summed E-state index contributed by atoms with van der Waals surface area (Å²) in [6.07, 6.45) is 6.27. The first-order valence-corrected chi connectivity index (χ1v) is 8.95. The van der Waals surface area contributed by atoms with E-state index in [1.54, 1.807) is 0 Å². The molecule has 3 unspecified atom stereocenters. The third-order valence-electron chi connectivity index (χ3n) is 5.29. The van der Waals surface area contributed by atoms with E-state index in [0.29, 0.717) is 11.8 Å². The molecule has 1 aliphatic heterocycles. The largest absolute Gasteiger partial charge is 0.342 e. The number of aryl methyl sites for hydroxylation is 2. The lowest BCUT2D eigenvalue weighted by atomic mass is 9.84. The first kappa shape index (κ1) is 22.2. The van der Waals surface area contributed by atoms with Crippen molar-refractivity contribution in [3.05, 3.63) is 11.6 Å². The predicted octanol–water partition coefficient (Wildman–Crippen LogP) is 2.49. The minimum atomic E-state index is 0. The number of halogens is 2. The Hall–Kier alpha value is -0.850. The molecule has 2 fully saturated rings. The van der Waals surface area contributed by atoms with Crippen molar-refractivity contribution in [2.24, 2.45) is 17.6 Å². The minimum Gasteiger partial charge on any atom is -0.342 e. The van der Waals surface area contributed by atoms with Crippen molar-refractivity contribution in [2.75, 3.05) is 13.1 Å². The lowest BCUT2D eigenvalue weighted by Crippen LogP contribution is -2.46. The van der Waals surface area contributed by atoms with Gasteiger partial charge in [0.2, 0.25) is 5.91 Å². The van der Waals surface area contributed by atoms with Gasteiger partial charge in [0.05, 0.1) is 0 Å². The molecular weight excluding hydrogens is 361 g/mol. The second-order valence-electron chi connectivity index (χ2n) is 7.30. The fourth-order valence-corrected chi connectivity index (χ4v) is 4.10. The Kier molecular flexibility index (Phi) is 8.64. The van der Waals surface area contributed by atoms with Crippen molar-refractivity contribution >= 4 is 30.7 Å². The Morgan fingerprint density at radius 3 is 2.60 bits per heavy atom. The number of carbonyl (C=O) groups is 1. The summed E-state index contributed by atoms with van der Waals surface area (Å²) in [6.45, 7) is 6.53. The Morgan fingerprint density at radius 1 is 1.20 bits per heavy atom. The Balaban J connectivity index is 0.00000156. The van der Waals surface area contributed by atoms with Gasteiger partial charge in [0.15, 0.2) is 0 Å². The number of aromatic nitrogens is 3. The van der Waals surface area contributed by atoms with Crippen LogP contribution in [0.5, 0.6) is 0 Å². The summed E-state index contributed by atoms with van der Waals surface area (Å²) in [4.78, 5) is 19.3. The maximum Gasteiger partial charge on any atom is 0.225 e. The second-order valence-corrected chi connectivity index (χ2v) is 7.30. The molecule has 1 aliphatic carbocycles. The van der Waals surface area contributed by atoms with Crippen LogP contribution in [0.4, 0.5) is 0 Å². The maximum atomic E-state index is 12.8. The molecule has 2 aliphatic rings. The zero-order valence-corrected chi connectivity index (χ0v) is 16.8. The van der Waals surface area contributed by atoms with E-state index in [4.69, 9.17) is 5.73 Å². The van der Waals surface area contributed by atoms with Crippen LogP contribution in [-0.2, 0) is 11.3 Å². The summed E-state index contributed by atoms with van der Waals surface area (Å²) in [5, 5.41) is 4.46. The molecule has 144 valence electrons. The average Bonchev–Trinajstić information content (AvgIpc) is 2.84. The number of amides is 1. The van der Waals surface area contributed by atoms with Crippen molar-refractivity contribution in [2.45, 2.75) is 65.0 Å². The van der Waals surface area contributed by atoms with Crippen molar-refractivity contribution in [1.29, 1.82) is 0 Å². The number of likely N-dealkylation sites (tertiary alicyclic amines) is 1. The van der Waals surface area contributed by atoms with E-state index >= 15 is 0 Å². The van der Waals surface area contributed by atoms with E-state index in [2.05, 4.69) is 15.0 Å². The first-order valence-electron chi connectivity index (χ1n) is 8.95. The van der Waals surface area contributed by atoms with Gasteiger partial charge in [0, 0.05) is 31.6 Å². The zero-order valence-electron chi connectivity index (χ0n) is 15.2. The highest BCUT2D eigenvalue weighted by atomic mass is 35.5. The maximum absolute atomic E-state index is 12.8. The molecule has 1 saturated carbocycles. The SMILES string of the molecule is Cc1nc(C)n(CC2CCCN(C(=O)C3CCCC(N)C3)C2)n1.Cl.Cl. The quantitative estimate of drug-likeness (QED) is 0.858. The summed E-state index contributed by atoms with van der Waals surface area (Å²) in [5.74, 6) is 2.74. The Morgan fingerprint density at radius 2 is 1.96 bits per heavy atom. The topological polar surface area (TPSA) is 77.0 Å². The lowest BCUT2D eigenvalue weighted by Gasteiger charge is -2.36. The number of rotatable bonds is 3. The van der Waals surface area contributed by atoms with Crippen LogP contribution in [0.15, 0.2) is 0 Å². The van der Waals surface area contributed by atoms with Crippen molar-refractivity contribution < 1.29 is 4.79 Å². The van der Waals surface area contributed by atoms with E-state index in [1.807, 2.05) is 18.5 Å². The summed E-state index contributed by atoms with van der Waals surface area (Å²) in [7, 11) is 0. The van der Waals surface area contributed by atoms with E-state index in [9.17, 15) is 4.79 Å². The molecule has 0 aromatic carbocycles. The van der Waals surface area contributed by atoms with Gasteiger partial charge in [-0.3, -0.25) is 4.79 Å². The molecule has 1 saturated heterocycles. The summed E-state index contributed by atoms with van der Waals surface area (Å²) >= 11 is 0. The molecule has 3 rings (SSSR count). The third-order valence-corrected chi connectivity index (χ3v) is 5.29. The summed E-state index contributed by atoms with van der Waals surface area (Å²) in [5.41, 5.74) is 6.05. The Bertz CT molecular complexity index is 565. The number of hydrogen-bond donors (Lipinski definition) is 1. The van der Waals surface area contributed by atoms with Crippen LogP contribution < -0.4 is 5.73 Å². The predicted molar refractivity (Wildman–Crippen MR) is 103 cm³/mol. The number of nitrogens with zero attached hydrogens (tertiary/aromatic N) is 4. The molecule has 1 aromatic rings. The summed E-state index contributed by atoms with van der Waals surface area (Å²) in [6, 6.07) is 0.207. The monoisotopic (exact) mass is 391 g/mol. The zero-order chi connectivity index (χ0) is 16.4. The van der Waals surface area contributed by atoms with Crippen LogP contribution >= 0.6 is 24.8 Å². The van der Waals surface area contributed by atoms with E-state index < -0.39 is 0 Å². The molecule has 6 nitrogen and oxygen atoms in total. The molecule has 0 radical (unpaired) electrons. The van der Waals surface area contributed by atoms with Gasteiger partial charge in [0.25, 0.3) is 0 Å². The van der Waals surface area contributed by atoms with Gasteiger partial charge in [-0.15, -0.1) is 24.8 Å². The molecule has 2 N–H and O–H groups in total. The molecular formula is C17H31Cl2N5O. The highest BCUT2D eigenvalue weighted by Gasteiger charge is 2.31. The van der Waals surface area contributed by atoms with Crippen molar-refractivity contribution in [3.8, 4) is 0 Å². The number of hydrogen-bond acceptors (Lipinski definition) is 4. The number of carbonyl (C=O) groups excluding carboxylic acids is 1. The standard InChI is InChI=1S/C17H29N5O.2ClH/c1-12-19-13(2)22(20-12)11-14-5-4-8-21(10-14)17(23)15-6-3-7-16(18)9-15;;/h14-16H,3-11,18H2,1-2H3;2*1H. The van der Waals surface area contributed by atoms with Crippen LogP contribution in [0.2, 0.25) is 0 Å². The molecule has 2 heterocycles. The molecule has 0 bridgehead atoms. The lowest BCUT2D eigenvalue weighted by molar-refractivity contribution is -0.138. The highest BCUT2D eigenvalue weighted by molar-refractivity contribution is 5.85. The molecule has 0 spiro atoms. The van der Waals surface area contributed by atoms with Crippen LogP contribution in [0.3, 0.4) is 0 Å². The van der Waals surface area contributed by atoms with Gasteiger partial charge < -0.3 is 10.6 Å². The van der Waals surface area contributed by atoms with Crippen molar-refractivity contribution in [3.63, 3.8) is 0 Å². The van der Waals surface area contributed by atoms with E-state index in [-0.39, 0.29) is 36.8 Å². The fraction of sp³-hybridized carbons (Fsp3) is 0.824. The van der Waals surface area contributed by atoms with Crippen LogP contribution in [-0.4, -0.2) is 44.7 Å². The van der Waals surface area contributed by atoms with Crippen LogP contribution in [0.1, 0.15) is 50.2 Å². The summed E-state index contributed by atoms with van der Waals surface area (Å²) < 4.78 is 1.99. The van der Waals surface area contributed by atoms with Crippen molar-refractivity contribution in [1.82, 2.24) is 19.7 Å². The molecule has 8 heteroatoms. The minimum absolute atomic E-state index is 0. The van der Waals surface area contributed by atoms with Gasteiger partial charge >= 0.3 is 0 Å². The molecule has 1 aromatic heterocycles. The first-order chi connectivity index (χ1) is 11.0. The molecule has 25 heavy (non-hydrogen) atoms. The Labute approximate surface area is 162 Å². The van der Waals surface area contributed by atoms with E-state index in [0.717, 1.165) is 69.8 Å². The molecule has 1 amide bonds. The third kappa shape index (κ3) is 5.56. The van der Waals surface area contributed by atoms with Gasteiger partial charge in [-0.05, 0) is 51.9 Å². The number of piperidine rings is 1. The normalized spacial score (nSPS) is 26.5. The van der Waals surface area contributed by atoms with Gasteiger partial charge in [-0.2, -0.15) is 5.10 Å². The van der Waals surface area contributed by atoms with Gasteiger partial charge in [0.1, 0.15) is 11.6 Å². The van der Waals surface area contributed by atoms with E-state index in [1.165, 1.54) is 0 Å². The van der Waals surface area contributed by atoms with Gasteiger partial charge in [-0.25, -0.2) is 9.67 Å². The van der Waals surface area contributed by atoms with Crippen LogP contribution in [0.25, 0.3) is 0 Å². The number of nitrogens with two attached hydrogens (primary N) is 1. The van der Waals surface area contributed by atoms with Crippen LogP contribution in [0, 0.1) is 25.7 Å².